The van der Waals surface area contributed by atoms with Gasteiger partial charge in [-0.15, -0.1) is 0 Å². The van der Waals surface area contributed by atoms with Crippen molar-refractivity contribution in [2.45, 2.75) is 12.8 Å². The lowest BCUT2D eigenvalue weighted by Gasteiger charge is -2.21. The van der Waals surface area contributed by atoms with Crippen LogP contribution in [0.15, 0.2) is 18.2 Å². The molecule has 0 aliphatic carbocycles. The summed E-state index contributed by atoms with van der Waals surface area (Å²) in [6, 6.07) is 5.17. The van der Waals surface area contributed by atoms with Crippen molar-refractivity contribution in [1.82, 2.24) is 0 Å². The van der Waals surface area contributed by atoms with E-state index in [2.05, 4.69) is 0 Å². The first-order valence-electron chi connectivity index (χ1n) is 6.04. The number of benzene rings is 1. The third-order valence-corrected chi connectivity index (χ3v) is 3.64. The summed E-state index contributed by atoms with van der Waals surface area (Å²) >= 11 is 6.00. The van der Waals surface area contributed by atoms with Gasteiger partial charge in [-0.3, -0.25) is 9.59 Å². The Bertz CT molecular complexity index is 519. The highest BCUT2D eigenvalue weighted by molar-refractivity contribution is 6.34. The summed E-state index contributed by atoms with van der Waals surface area (Å²) in [5, 5.41) is 9.13. The van der Waals surface area contributed by atoms with Crippen LogP contribution in [-0.2, 0) is 4.79 Å². The van der Waals surface area contributed by atoms with Crippen molar-refractivity contribution >= 4 is 29.2 Å². The summed E-state index contributed by atoms with van der Waals surface area (Å²) in [4.78, 5) is 24.2. The number of rotatable bonds is 4. The van der Waals surface area contributed by atoms with E-state index in [-0.39, 0.29) is 12.3 Å². The second kappa shape index (κ2) is 5.48. The molecular formula is C13H15ClN2O3. The molecule has 1 atom stereocenters. The third kappa shape index (κ3) is 2.98. The van der Waals surface area contributed by atoms with Crippen LogP contribution in [0.25, 0.3) is 0 Å². The molecule has 19 heavy (non-hydrogen) atoms. The van der Waals surface area contributed by atoms with E-state index in [0.29, 0.717) is 29.4 Å². The second-order valence-electron chi connectivity index (χ2n) is 4.70. The molecule has 6 heteroatoms. The fourth-order valence-electron chi connectivity index (χ4n) is 2.49. The molecule has 0 aromatic heterocycles. The normalized spacial score (nSPS) is 18.6. The Morgan fingerprint density at radius 3 is 2.84 bits per heavy atom. The zero-order valence-electron chi connectivity index (χ0n) is 10.3. The van der Waals surface area contributed by atoms with Crippen molar-refractivity contribution in [2.75, 3.05) is 18.0 Å². The summed E-state index contributed by atoms with van der Waals surface area (Å²) < 4.78 is 0. The van der Waals surface area contributed by atoms with Crippen molar-refractivity contribution in [3.63, 3.8) is 0 Å². The number of aliphatic carboxylic acids is 1. The largest absolute Gasteiger partial charge is 0.481 e. The predicted molar refractivity (Wildman–Crippen MR) is 72.5 cm³/mol. The fourth-order valence-corrected chi connectivity index (χ4v) is 2.75. The molecule has 1 saturated heterocycles. The number of primary amides is 1. The summed E-state index contributed by atoms with van der Waals surface area (Å²) in [7, 11) is 0. The minimum absolute atomic E-state index is 0.0946. The van der Waals surface area contributed by atoms with Gasteiger partial charge in [0.15, 0.2) is 0 Å². The Kier molecular flexibility index (Phi) is 3.95. The minimum Gasteiger partial charge on any atom is -0.481 e. The van der Waals surface area contributed by atoms with E-state index in [1.54, 1.807) is 18.2 Å². The van der Waals surface area contributed by atoms with E-state index in [1.165, 1.54) is 0 Å². The summed E-state index contributed by atoms with van der Waals surface area (Å²) in [5.41, 5.74) is 6.35. The summed E-state index contributed by atoms with van der Waals surface area (Å²) in [6.07, 6.45) is 0.931. The number of halogens is 1. The van der Waals surface area contributed by atoms with Crippen molar-refractivity contribution in [1.29, 1.82) is 0 Å². The number of nitrogens with two attached hydrogens (primary N) is 1. The van der Waals surface area contributed by atoms with Crippen LogP contribution in [0, 0.1) is 5.92 Å². The van der Waals surface area contributed by atoms with Gasteiger partial charge in [0.2, 0.25) is 0 Å². The fraction of sp³-hybridized carbons (Fsp3) is 0.385. The highest BCUT2D eigenvalue weighted by Gasteiger charge is 2.27. The van der Waals surface area contributed by atoms with Crippen molar-refractivity contribution < 1.29 is 14.7 Å². The molecule has 1 aromatic carbocycles. The molecule has 1 heterocycles. The van der Waals surface area contributed by atoms with Gasteiger partial charge in [0, 0.05) is 19.5 Å². The Morgan fingerprint density at radius 2 is 2.21 bits per heavy atom. The molecule has 0 bridgehead atoms. The number of amides is 1. The first kappa shape index (κ1) is 13.7. The van der Waals surface area contributed by atoms with Crippen molar-refractivity contribution in [2.24, 2.45) is 11.7 Å². The van der Waals surface area contributed by atoms with Gasteiger partial charge in [-0.2, -0.15) is 0 Å². The molecular weight excluding hydrogens is 268 g/mol. The summed E-state index contributed by atoms with van der Waals surface area (Å²) in [5.74, 6) is -1.27. The lowest BCUT2D eigenvalue weighted by Crippen LogP contribution is -2.24. The number of carbonyl (C=O) groups is 2. The molecule has 1 fully saturated rings. The maximum Gasteiger partial charge on any atom is 0.303 e. The van der Waals surface area contributed by atoms with E-state index in [4.69, 9.17) is 22.4 Å². The van der Waals surface area contributed by atoms with Crippen LogP contribution in [0.4, 0.5) is 5.69 Å². The molecule has 1 aliphatic rings. The SMILES string of the molecule is NC(=O)c1c(Cl)cccc1N1CCC(CC(=O)O)C1. The van der Waals surface area contributed by atoms with Crippen LogP contribution in [0.2, 0.25) is 5.02 Å². The Balaban J connectivity index is 2.22. The van der Waals surface area contributed by atoms with Gasteiger partial charge in [0.25, 0.3) is 5.91 Å². The molecule has 102 valence electrons. The van der Waals surface area contributed by atoms with E-state index < -0.39 is 11.9 Å². The maximum atomic E-state index is 11.5. The molecule has 0 saturated carbocycles. The van der Waals surface area contributed by atoms with Gasteiger partial charge in [-0.1, -0.05) is 17.7 Å². The maximum absolute atomic E-state index is 11.5. The monoisotopic (exact) mass is 282 g/mol. The van der Waals surface area contributed by atoms with Crippen LogP contribution >= 0.6 is 11.6 Å². The second-order valence-corrected chi connectivity index (χ2v) is 5.10. The van der Waals surface area contributed by atoms with Crippen LogP contribution < -0.4 is 10.6 Å². The lowest BCUT2D eigenvalue weighted by atomic mass is 10.1. The lowest BCUT2D eigenvalue weighted by molar-refractivity contribution is -0.137. The van der Waals surface area contributed by atoms with Crippen LogP contribution in [0.3, 0.4) is 0 Å². The quantitative estimate of drug-likeness (QED) is 0.881. The summed E-state index contributed by atoms with van der Waals surface area (Å²) in [6.45, 7) is 1.31. The molecule has 3 N–H and O–H groups in total. The number of anilines is 1. The number of carboxylic acid groups (broad SMARTS) is 1. The molecule has 0 spiro atoms. The Labute approximate surface area is 116 Å². The highest BCUT2D eigenvalue weighted by Crippen LogP contribution is 2.31. The molecule has 1 amide bonds. The molecule has 1 aromatic rings. The predicted octanol–water partition coefficient (Wildman–Crippen LogP) is 1.74. The number of hydrogen-bond donors (Lipinski definition) is 2. The van der Waals surface area contributed by atoms with E-state index in [1.807, 2.05) is 4.90 Å². The van der Waals surface area contributed by atoms with Crippen LogP contribution in [0.1, 0.15) is 23.2 Å². The zero-order chi connectivity index (χ0) is 14.0. The van der Waals surface area contributed by atoms with Crippen LogP contribution in [-0.4, -0.2) is 30.1 Å². The Hall–Kier alpha value is -1.75. The van der Waals surface area contributed by atoms with Gasteiger partial charge < -0.3 is 15.7 Å². The van der Waals surface area contributed by atoms with Crippen molar-refractivity contribution in [3.8, 4) is 0 Å². The van der Waals surface area contributed by atoms with Gasteiger partial charge in [-0.25, -0.2) is 0 Å². The van der Waals surface area contributed by atoms with Crippen LogP contribution in [0.5, 0.6) is 0 Å². The molecule has 5 nitrogen and oxygen atoms in total. The number of nitrogens with zero attached hydrogens (tertiary/aromatic N) is 1. The van der Waals surface area contributed by atoms with E-state index in [9.17, 15) is 9.59 Å². The smallest absolute Gasteiger partial charge is 0.303 e. The average molecular weight is 283 g/mol. The molecule has 0 radical (unpaired) electrons. The van der Waals surface area contributed by atoms with Crippen molar-refractivity contribution in [3.05, 3.63) is 28.8 Å². The molecule has 1 aliphatic heterocycles. The average Bonchev–Trinajstić information content (AvgIpc) is 2.75. The third-order valence-electron chi connectivity index (χ3n) is 3.33. The minimum atomic E-state index is -0.798. The van der Waals surface area contributed by atoms with Gasteiger partial charge in [0.1, 0.15) is 0 Å². The number of carboxylic acids is 1. The first-order chi connectivity index (χ1) is 8.99. The number of hydrogen-bond acceptors (Lipinski definition) is 3. The van der Waals surface area contributed by atoms with Gasteiger partial charge >= 0.3 is 5.97 Å². The zero-order valence-corrected chi connectivity index (χ0v) is 11.1. The molecule has 2 rings (SSSR count). The van der Waals surface area contributed by atoms with E-state index in [0.717, 1.165) is 6.42 Å². The van der Waals surface area contributed by atoms with Gasteiger partial charge in [-0.05, 0) is 24.5 Å². The Morgan fingerprint density at radius 1 is 1.47 bits per heavy atom. The standard InChI is InChI=1S/C13H15ClN2O3/c14-9-2-1-3-10(12(9)13(15)19)16-5-4-8(7-16)6-11(17)18/h1-3,8H,4-7H2,(H2,15,19)(H,17,18). The molecule has 1 unspecified atom stereocenters. The van der Waals surface area contributed by atoms with Gasteiger partial charge in [0.05, 0.1) is 16.3 Å². The topological polar surface area (TPSA) is 83.6 Å². The van der Waals surface area contributed by atoms with E-state index >= 15 is 0 Å². The number of carbonyl (C=O) groups excluding carboxylic acids is 1. The highest BCUT2D eigenvalue weighted by atomic mass is 35.5. The first-order valence-corrected chi connectivity index (χ1v) is 6.42.